The summed E-state index contributed by atoms with van der Waals surface area (Å²) in [4.78, 5) is 13.1. The second-order valence-electron chi connectivity index (χ2n) is 7.95. The van der Waals surface area contributed by atoms with Crippen molar-refractivity contribution in [2.45, 2.75) is 38.6 Å². The lowest BCUT2D eigenvalue weighted by Crippen LogP contribution is -2.41. The Labute approximate surface area is 195 Å². The number of benzene rings is 3. The van der Waals surface area contributed by atoms with E-state index in [1.54, 1.807) is 48.5 Å². The molecule has 0 aliphatic heterocycles. The van der Waals surface area contributed by atoms with Crippen LogP contribution in [0.5, 0.6) is 0 Å². The van der Waals surface area contributed by atoms with Gasteiger partial charge in [-0.1, -0.05) is 53.1 Å². The van der Waals surface area contributed by atoms with E-state index in [0.29, 0.717) is 10.7 Å². The van der Waals surface area contributed by atoms with Crippen LogP contribution in [0.25, 0.3) is 0 Å². The quantitative estimate of drug-likeness (QED) is 0.507. The van der Waals surface area contributed by atoms with Crippen LogP contribution in [0.1, 0.15) is 35.2 Å². The lowest BCUT2D eigenvalue weighted by Gasteiger charge is -2.25. The molecule has 1 amide bonds. The van der Waals surface area contributed by atoms with E-state index in [-0.39, 0.29) is 17.5 Å². The predicted octanol–water partition coefficient (Wildman–Crippen LogP) is 5.34. The Morgan fingerprint density at radius 1 is 0.938 bits per heavy atom. The number of halogens is 1. The number of hydrogen-bond donors (Lipinski definition) is 1. The average molecular weight is 471 g/mol. The van der Waals surface area contributed by atoms with Gasteiger partial charge in [-0.2, -0.15) is 0 Å². The SMILES string of the molecule is Cc1ccc(S(=O)(=O)N(CC(=O)NC(C)c2cc(C)ccc2C)c2ccc(Cl)cc2)cc1. The van der Waals surface area contributed by atoms with Gasteiger partial charge in [-0.15, -0.1) is 0 Å². The second kappa shape index (κ2) is 9.76. The van der Waals surface area contributed by atoms with Gasteiger partial charge in [0.15, 0.2) is 0 Å². The van der Waals surface area contributed by atoms with Crippen molar-refractivity contribution < 1.29 is 13.2 Å². The summed E-state index contributed by atoms with van der Waals surface area (Å²) in [7, 11) is -3.96. The van der Waals surface area contributed by atoms with Gasteiger partial charge in [0.05, 0.1) is 16.6 Å². The van der Waals surface area contributed by atoms with Crippen LogP contribution in [-0.2, 0) is 14.8 Å². The monoisotopic (exact) mass is 470 g/mol. The summed E-state index contributed by atoms with van der Waals surface area (Å²) < 4.78 is 28.0. The lowest BCUT2D eigenvalue weighted by atomic mass is 10.00. The van der Waals surface area contributed by atoms with Crippen molar-refractivity contribution in [2.24, 2.45) is 0 Å². The number of anilines is 1. The molecule has 3 aromatic carbocycles. The predicted molar refractivity (Wildman–Crippen MR) is 130 cm³/mol. The molecule has 0 aliphatic rings. The molecule has 0 fully saturated rings. The van der Waals surface area contributed by atoms with Crippen molar-refractivity contribution in [3.63, 3.8) is 0 Å². The minimum absolute atomic E-state index is 0.119. The van der Waals surface area contributed by atoms with Crippen molar-refractivity contribution in [3.05, 3.63) is 94.0 Å². The Morgan fingerprint density at radius 3 is 2.16 bits per heavy atom. The summed E-state index contributed by atoms with van der Waals surface area (Å²) in [5, 5.41) is 3.42. The maximum absolute atomic E-state index is 13.4. The highest BCUT2D eigenvalue weighted by atomic mass is 35.5. The number of sulfonamides is 1. The maximum Gasteiger partial charge on any atom is 0.264 e. The number of rotatable bonds is 7. The van der Waals surface area contributed by atoms with Gasteiger partial charge in [0.25, 0.3) is 10.0 Å². The molecule has 0 aromatic heterocycles. The zero-order chi connectivity index (χ0) is 23.5. The van der Waals surface area contributed by atoms with Crippen molar-refractivity contribution in [1.82, 2.24) is 5.32 Å². The van der Waals surface area contributed by atoms with E-state index in [0.717, 1.165) is 26.6 Å². The molecule has 168 valence electrons. The molecule has 3 rings (SSSR count). The van der Waals surface area contributed by atoms with Crippen molar-refractivity contribution in [2.75, 3.05) is 10.8 Å². The molecule has 0 aliphatic carbocycles. The molecule has 7 heteroatoms. The van der Waals surface area contributed by atoms with E-state index in [1.807, 2.05) is 45.9 Å². The Hall–Kier alpha value is -2.83. The van der Waals surface area contributed by atoms with Crippen LogP contribution in [0.2, 0.25) is 5.02 Å². The van der Waals surface area contributed by atoms with E-state index in [4.69, 9.17) is 11.6 Å². The summed E-state index contributed by atoms with van der Waals surface area (Å²) >= 11 is 5.99. The van der Waals surface area contributed by atoms with Gasteiger partial charge in [0, 0.05) is 5.02 Å². The highest BCUT2D eigenvalue weighted by molar-refractivity contribution is 7.92. The third kappa shape index (κ3) is 5.50. The van der Waals surface area contributed by atoms with Crippen molar-refractivity contribution in [3.8, 4) is 0 Å². The van der Waals surface area contributed by atoms with Crippen LogP contribution >= 0.6 is 11.6 Å². The molecule has 1 unspecified atom stereocenters. The molecule has 0 radical (unpaired) electrons. The molecule has 0 saturated carbocycles. The zero-order valence-corrected chi connectivity index (χ0v) is 20.2. The van der Waals surface area contributed by atoms with E-state index in [1.165, 1.54) is 0 Å². The van der Waals surface area contributed by atoms with Gasteiger partial charge >= 0.3 is 0 Å². The summed E-state index contributed by atoms with van der Waals surface area (Å²) in [6.45, 7) is 7.40. The van der Waals surface area contributed by atoms with Crippen LogP contribution in [-0.4, -0.2) is 20.9 Å². The highest BCUT2D eigenvalue weighted by Gasteiger charge is 2.28. The number of hydrogen-bond acceptors (Lipinski definition) is 3. The molecular formula is C25H27ClN2O3S. The van der Waals surface area contributed by atoms with E-state index in [2.05, 4.69) is 5.32 Å². The molecule has 0 heterocycles. The van der Waals surface area contributed by atoms with Gasteiger partial charge < -0.3 is 5.32 Å². The van der Waals surface area contributed by atoms with E-state index in [9.17, 15) is 13.2 Å². The van der Waals surface area contributed by atoms with Crippen LogP contribution in [0.3, 0.4) is 0 Å². The first kappa shape index (κ1) is 23.8. The number of amides is 1. The first-order valence-electron chi connectivity index (χ1n) is 10.3. The smallest absolute Gasteiger partial charge is 0.264 e. The Morgan fingerprint density at radius 2 is 1.53 bits per heavy atom. The Balaban J connectivity index is 1.90. The van der Waals surface area contributed by atoms with E-state index < -0.39 is 15.9 Å². The number of aryl methyl sites for hydroxylation is 3. The van der Waals surface area contributed by atoms with Crippen molar-refractivity contribution in [1.29, 1.82) is 0 Å². The Bertz CT molecular complexity index is 1210. The molecular weight excluding hydrogens is 444 g/mol. The number of carbonyl (C=O) groups excluding carboxylic acids is 1. The lowest BCUT2D eigenvalue weighted by molar-refractivity contribution is -0.120. The second-order valence-corrected chi connectivity index (χ2v) is 10.2. The van der Waals surface area contributed by atoms with Crippen LogP contribution in [0.4, 0.5) is 5.69 Å². The molecule has 3 aromatic rings. The summed E-state index contributed by atoms with van der Waals surface area (Å²) in [6, 6.07) is 18.7. The topological polar surface area (TPSA) is 66.5 Å². The van der Waals surface area contributed by atoms with Gasteiger partial charge in [0.2, 0.25) is 5.91 Å². The normalized spacial score (nSPS) is 12.3. The minimum atomic E-state index is -3.96. The maximum atomic E-state index is 13.4. The van der Waals surface area contributed by atoms with Gasteiger partial charge in [-0.25, -0.2) is 8.42 Å². The fourth-order valence-electron chi connectivity index (χ4n) is 3.48. The first-order chi connectivity index (χ1) is 15.1. The molecule has 1 atom stereocenters. The molecule has 32 heavy (non-hydrogen) atoms. The number of nitrogens with zero attached hydrogens (tertiary/aromatic N) is 1. The van der Waals surface area contributed by atoms with E-state index >= 15 is 0 Å². The Kier molecular flexibility index (Phi) is 7.26. The van der Waals surface area contributed by atoms with Crippen molar-refractivity contribution >= 4 is 33.2 Å². The number of carbonyl (C=O) groups is 1. The van der Waals surface area contributed by atoms with Gasteiger partial charge in [-0.05, 0) is 75.2 Å². The molecule has 1 N–H and O–H groups in total. The molecule has 0 bridgehead atoms. The summed E-state index contributed by atoms with van der Waals surface area (Å²) in [5.41, 5.74) is 4.46. The summed E-state index contributed by atoms with van der Waals surface area (Å²) in [5.74, 6) is -0.399. The van der Waals surface area contributed by atoms with Crippen LogP contribution in [0, 0.1) is 20.8 Å². The van der Waals surface area contributed by atoms with Gasteiger partial charge in [-0.3, -0.25) is 9.10 Å². The highest BCUT2D eigenvalue weighted by Crippen LogP contribution is 2.26. The van der Waals surface area contributed by atoms with Gasteiger partial charge in [0.1, 0.15) is 6.54 Å². The molecule has 0 saturated heterocycles. The van der Waals surface area contributed by atoms with Crippen LogP contribution < -0.4 is 9.62 Å². The first-order valence-corrected chi connectivity index (χ1v) is 12.1. The minimum Gasteiger partial charge on any atom is -0.348 e. The van der Waals surface area contributed by atoms with Crippen LogP contribution in [0.15, 0.2) is 71.6 Å². The molecule has 5 nitrogen and oxygen atoms in total. The number of nitrogens with one attached hydrogen (secondary N) is 1. The third-order valence-electron chi connectivity index (χ3n) is 5.29. The fraction of sp³-hybridized carbons (Fsp3) is 0.240. The standard InChI is InChI=1S/C25H27ClN2O3S/c1-17-6-13-23(14-7-17)32(30,31)28(22-11-9-21(26)10-12-22)16-25(29)27-20(4)24-15-18(2)5-8-19(24)3/h5-15,20H,16H2,1-4H3,(H,27,29). The zero-order valence-electron chi connectivity index (χ0n) is 18.6. The fourth-order valence-corrected chi connectivity index (χ4v) is 5.03. The third-order valence-corrected chi connectivity index (χ3v) is 7.33. The average Bonchev–Trinajstić information content (AvgIpc) is 2.74. The summed E-state index contributed by atoms with van der Waals surface area (Å²) in [6.07, 6.45) is 0. The molecule has 0 spiro atoms. The largest absolute Gasteiger partial charge is 0.348 e.